The Morgan fingerprint density at radius 1 is 1.16 bits per heavy atom. The van der Waals surface area contributed by atoms with Gasteiger partial charge in [0.25, 0.3) is 0 Å². The van der Waals surface area contributed by atoms with Crippen LogP contribution in [0.2, 0.25) is 0 Å². The van der Waals surface area contributed by atoms with Gasteiger partial charge in [0.1, 0.15) is 7.05 Å². The first-order valence-electron chi connectivity index (χ1n) is 7.07. The molecule has 0 saturated heterocycles. The van der Waals surface area contributed by atoms with Crippen molar-refractivity contribution in [2.24, 2.45) is 7.05 Å². The van der Waals surface area contributed by atoms with E-state index in [-0.39, 0.29) is 0 Å². The summed E-state index contributed by atoms with van der Waals surface area (Å²) in [5.74, 6) is 1.08. The van der Waals surface area contributed by atoms with E-state index in [1.165, 1.54) is 11.4 Å². The quantitative estimate of drug-likeness (QED) is 0.746. The van der Waals surface area contributed by atoms with Gasteiger partial charge in [-0.15, -0.1) is 0 Å². The molecular weight excluding hydrogens is 232 g/mol. The maximum absolute atomic E-state index is 4.48. The van der Waals surface area contributed by atoms with Gasteiger partial charge in [-0.1, -0.05) is 26.0 Å². The Morgan fingerprint density at radius 2 is 1.95 bits per heavy atom. The molecule has 2 rings (SSSR count). The van der Waals surface area contributed by atoms with Crippen LogP contribution in [0.4, 0.5) is 0 Å². The summed E-state index contributed by atoms with van der Waals surface area (Å²) >= 11 is 0. The first-order chi connectivity index (χ1) is 9.22. The number of hydrogen-bond donors (Lipinski definition) is 0. The summed E-state index contributed by atoms with van der Waals surface area (Å²) in [4.78, 5) is 4.48. The van der Waals surface area contributed by atoms with Crippen molar-refractivity contribution in [1.82, 2.24) is 4.98 Å². The fourth-order valence-corrected chi connectivity index (χ4v) is 2.67. The lowest BCUT2D eigenvalue weighted by atomic mass is 9.88. The topological polar surface area (TPSA) is 16.8 Å². The van der Waals surface area contributed by atoms with Gasteiger partial charge in [0.2, 0.25) is 0 Å². The molecule has 2 unspecified atom stereocenters. The molecule has 0 aliphatic carbocycles. The smallest absolute Gasteiger partial charge is 0.184 e. The summed E-state index contributed by atoms with van der Waals surface area (Å²) < 4.78 is 2.24. The highest BCUT2D eigenvalue weighted by atomic mass is 14.9. The minimum absolute atomic E-state index is 0.492. The van der Waals surface area contributed by atoms with E-state index in [4.69, 9.17) is 0 Å². The summed E-state index contributed by atoms with van der Waals surface area (Å²) in [6.45, 7) is 4.54. The number of rotatable bonds is 5. The highest BCUT2D eigenvalue weighted by molar-refractivity contribution is 5.11. The molecule has 0 N–H and O–H groups in total. The van der Waals surface area contributed by atoms with E-state index in [2.05, 4.69) is 67.0 Å². The number of pyridine rings is 2. The molecule has 0 saturated carbocycles. The molecule has 2 aromatic heterocycles. The lowest BCUT2D eigenvalue weighted by Gasteiger charge is -2.17. The number of hydrogen-bond acceptors (Lipinski definition) is 1. The van der Waals surface area contributed by atoms with Gasteiger partial charge in [0.05, 0.1) is 0 Å². The molecule has 0 amide bonds. The molecule has 0 radical (unpaired) electrons. The Hall–Kier alpha value is -1.70. The monoisotopic (exact) mass is 255 g/mol. The molecule has 0 aliphatic rings. The van der Waals surface area contributed by atoms with Crippen LogP contribution in [-0.4, -0.2) is 4.98 Å². The van der Waals surface area contributed by atoms with Gasteiger partial charge in [-0.2, -0.15) is 0 Å². The molecule has 0 aromatic carbocycles. The molecule has 0 aliphatic heterocycles. The molecule has 19 heavy (non-hydrogen) atoms. The fourth-order valence-electron chi connectivity index (χ4n) is 2.67. The summed E-state index contributed by atoms with van der Waals surface area (Å²) in [5, 5.41) is 0. The van der Waals surface area contributed by atoms with Gasteiger partial charge in [0.15, 0.2) is 11.9 Å². The van der Waals surface area contributed by atoms with Crippen molar-refractivity contribution in [2.45, 2.75) is 38.5 Å². The maximum atomic E-state index is 4.48. The second-order valence-electron chi connectivity index (χ2n) is 5.23. The van der Waals surface area contributed by atoms with Gasteiger partial charge in [-0.05, 0) is 30.9 Å². The van der Waals surface area contributed by atoms with Crippen molar-refractivity contribution in [3.8, 4) is 0 Å². The predicted octanol–water partition coefficient (Wildman–Crippen LogP) is 3.59. The molecule has 2 heterocycles. The van der Waals surface area contributed by atoms with Gasteiger partial charge >= 0.3 is 0 Å². The van der Waals surface area contributed by atoms with Crippen LogP contribution in [0.25, 0.3) is 0 Å². The summed E-state index contributed by atoms with van der Waals surface area (Å²) in [6, 6.07) is 12.6. The minimum atomic E-state index is 0.492. The van der Waals surface area contributed by atoms with E-state index in [1.807, 2.05) is 12.3 Å². The zero-order valence-corrected chi connectivity index (χ0v) is 12.1. The summed E-state index contributed by atoms with van der Waals surface area (Å²) in [6.07, 6.45) is 6.32. The Morgan fingerprint density at radius 3 is 2.58 bits per heavy atom. The highest BCUT2D eigenvalue weighted by Gasteiger charge is 2.21. The average molecular weight is 255 g/mol. The van der Waals surface area contributed by atoms with E-state index >= 15 is 0 Å². The molecule has 2 atom stereocenters. The Kier molecular flexibility index (Phi) is 4.67. The molecule has 0 spiro atoms. The summed E-state index contributed by atoms with van der Waals surface area (Å²) in [7, 11) is 2.13. The second-order valence-corrected chi connectivity index (χ2v) is 5.23. The van der Waals surface area contributed by atoms with Crippen LogP contribution in [0.5, 0.6) is 0 Å². The lowest BCUT2D eigenvalue weighted by Crippen LogP contribution is -2.34. The molecular formula is C17H23N2+. The molecule has 2 heteroatoms. The van der Waals surface area contributed by atoms with Crippen LogP contribution < -0.4 is 4.57 Å². The van der Waals surface area contributed by atoms with Crippen LogP contribution >= 0.6 is 0 Å². The minimum Gasteiger partial charge on any atom is -0.261 e. The molecule has 0 bridgehead atoms. The van der Waals surface area contributed by atoms with Crippen LogP contribution in [0.15, 0.2) is 48.8 Å². The molecule has 100 valence electrons. The van der Waals surface area contributed by atoms with Crippen molar-refractivity contribution in [3.05, 3.63) is 60.2 Å². The Labute approximate surface area is 116 Å². The van der Waals surface area contributed by atoms with Crippen LogP contribution in [-0.2, 0) is 7.05 Å². The van der Waals surface area contributed by atoms with E-state index in [0.29, 0.717) is 11.8 Å². The normalized spacial score (nSPS) is 14.1. The standard InChI is InChI=1S/C17H23N2/c1-4-15(17-10-6-8-12-19(17)3)13-14(2)16-9-5-7-11-18-16/h5-12,14-15H,4,13H2,1-3H3/q+1. The molecule has 0 fully saturated rings. The SMILES string of the molecule is CCC(CC(C)c1ccccn1)c1cccc[n+]1C. The predicted molar refractivity (Wildman–Crippen MR) is 77.9 cm³/mol. The van der Waals surface area contributed by atoms with E-state index in [1.54, 1.807) is 0 Å². The van der Waals surface area contributed by atoms with Crippen molar-refractivity contribution in [3.63, 3.8) is 0 Å². The second kappa shape index (κ2) is 6.46. The molecule has 2 aromatic rings. The van der Waals surface area contributed by atoms with Gasteiger partial charge in [0, 0.05) is 29.9 Å². The summed E-state index contributed by atoms with van der Waals surface area (Å²) in [5.41, 5.74) is 2.60. The largest absolute Gasteiger partial charge is 0.261 e. The zero-order valence-electron chi connectivity index (χ0n) is 12.1. The first-order valence-corrected chi connectivity index (χ1v) is 7.07. The fraction of sp³-hybridized carbons (Fsp3) is 0.412. The van der Waals surface area contributed by atoms with Gasteiger partial charge in [-0.25, -0.2) is 4.57 Å². The third-order valence-corrected chi connectivity index (χ3v) is 3.84. The van der Waals surface area contributed by atoms with E-state index in [0.717, 1.165) is 12.8 Å². The number of aromatic nitrogens is 2. The van der Waals surface area contributed by atoms with Crippen molar-refractivity contribution in [1.29, 1.82) is 0 Å². The van der Waals surface area contributed by atoms with E-state index < -0.39 is 0 Å². The first kappa shape index (κ1) is 13.7. The third kappa shape index (κ3) is 3.40. The number of nitrogens with zero attached hydrogens (tertiary/aromatic N) is 2. The maximum Gasteiger partial charge on any atom is 0.184 e. The van der Waals surface area contributed by atoms with Crippen LogP contribution in [0.3, 0.4) is 0 Å². The lowest BCUT2D eigenvalue weighted by molar-refractivity contribution is -0.680. The third-order valence-electron chi connectivity index (χ3n) is 3.84. The highest BCUT2D eigenvalue weighted by Crippen LogP contribution is 2.29. The van der Waals surface area contributed by atoms with Crippen LogP contribution in [0, 0.1) is 0 Å². The van der Waals surface area contributed by atoms with Crippen molar-refractivity contribution in [2.75, 3.05) is 0 Å². The van der Waals surface area contributed by atoms with Gasteiger partial charge in [-0.3, -0.25) is 4.98 Å². The Balaban J connectivity index is 2.14. The zero-order chi connectivity index (χ0) is 13.7. The van der Waals surface area contributed by atoms with Crippen LogP contribution in [0.1, 0.15) is 49.9 Å². The number of aryl methyl sites for hydroxylation is 1. The van der Waals surface area contributed by atoms with Crippen molar-refractivity contribution < 1.29 is 4.57 Å². The molecule has 2 nitrogen and oxygen atoms in total. The Bertz CT molecular complexity index is 508. The van der Waals surface area contributed by atoms with Crippen molar-refractivity contribution >= 4 is 0 Å². The average Bonchev–Trinajstić information content (AvgIpc) is 2.46. The van der Waals surface area contributed by atoms with E-state index in [9.17, 15) is 0 Å². The van der Waals surface area contributed by atoms with Gasteiger partial charge < -0.3 is 0 Å².